The molecule has 0 aliphatic carbocycles. The number of methoxy groups -OCH3 is 2. The molecule has 0 saturated carbocycles. The molecule has 10 heteroatoms. The maximum absolute atomic E-state index is 6.58. The highest BCUT2D eigenvalue weighted by atomic mass is 35.5. The Kier molecular flexibility index (Phi) is 7.16. The van der Waals surface area contributed by atoms with Crippen LogP contribution < -0.4 is 14.8 Å². The third-order valence-corrected chi connectivity index (χ3v) is 6.14. The molecule has 0 spiro atoms. The standard InChI is InChI=1S/C27H25ClN6O3/c1-17(29-12-13-35-2)20-6-4-18(14-22(20)28)23-8-9-26-31-32-27(34(26)33-23)16-37-25-10-11-30-24-15-19(36-3)5-7-21(24)25/h4-11,14-15,29H,1,12-13,16H2,2-3H3. The lowest BCUT2D eigenvalue weighted by Crippen LogP contribution is -2.17. The van der Waals surface area contributed by atoms with Gasteiger partial charge in [0.1, 0.15) is 18.1 Å². The number of nitrogens with zero attached hydrogens (tertiary/aromatic N) is 5. The number of pyridine rings is 1. The average Bonchev–Trinajstić information content (AvgIpc) is 3.33. The number of ether oxygens (including phenoxy) is 3. The lowest BCUT2D eigenvalue weighted by atomic mass is 10.1. The van der Waals surface area contributed by atoms with Crippen LogP contribution in [0, 0.1) is 0 Å². The Morgan fingerprint density at radius 2 is 1.95 bits per heavy atom. The Hall–Kier alpha value is -4.21. The Morgan fingerprint density at radius 1 is 1.05 bits per heavy atom. The van der Waals surface area contributed by atoms with Crippen LogP contribution in [-0.2, 0) is 11.3 Å². The lowest BCUT2D eigenvalue weighted by molar-refractivity contribution is 0.203. The summed E-state index contributed by atoms with van der Waals surface area (Å²) in [6.45, 7) is 5.47. The number of benzene rings is 2. The van der Waals surface area contributed by atoms with Crippen molar-refractivity contribution in [3.63, 3.8) is 0 Å². The van der Waals surface area contributed by atoms with Crippen molar-refractivity contribution in [2.75, 3.05) is 27.4 Å². The molecule has 5 rings (SSSR count). The monoisotopic (exact) mass is 516 g/mol. The van der Waals surface area contributed by atoms with Gasteiger partial charge in [-0.25, -0.2) is 0 Å². The summed E-state index contributed by atoms with van der Waals surface area (Å²) >= 11 is 6.58. The Morgan fingerprint density at radius 3 is 2.76 bits per heavy atom. The number of halogens is 1. The molecule has 0 atom stereocenters. The van der Waals surface area contributed by atoms with Gasteiger partial charge in [0.2, 0.25) is 0 Å². The van der Waals surface area contributed by atoms with E-state index in [0.29, 0.717) is 35.4 Å². The molecule has 5 aromatic rings. The van der Waals surface area contributed by atoms with Crippen LogP contribution in [0.4, 0.5) is 0 Å². The molecule has 9 nitrogen and oxygen atoms in total. The van der Waals surface area contributed by atoms with Crippen molar-refractivity contribution in [2.24, 2.45) is 0 Å². The molecule has 3 aromatic heterocycles. The van der Waals surface area contributed by atoms with Gasteiger partial charge in [-0.1, -0.05) is 30.3 Å². The summed E-state index contributed by atoms with van der Waals surface area (Å²) in [4.78, 5) is 4.40. The first-order chi connectivity index (χ1) is 18.1. The van der Waals surface area contributed by atoms with Crippen molar-refractivity contribution in [2.45, 2.75) is 6.61 Å². The predicted octanol–water partition coefficient (Wildman–Crippen LogP) is 4.79. The van der Waals surface area contributed by atoms with E-state index in [9.17, 15) is 0 Å². The van der Waals surface area contributed by atoms with E-state index < -0.39 is 0 Å². The van der Waals surface area contributed by atoms with E-state index in [-0.39, 0.29) is 6.61 Å². The van der Waals surface area contributed by atoms with E-state index in [1.54, 1.807) is 24.9 Å². The number of rotatable bonds is 10. The molecule has 0 radical (unpaired) electrons. The van der Waals surface area contributed by atoms with Crippen molar-refractivity contribution in [1.82, 2.24) is 30.1 Å². The largest absolute Gasteiger partial charge is 0.497 e. The minimum absolute atomic E-state index is 0.176. The number of fused-ring (bicyclic) bond motifs is 2. The van der Waals surface area contributed by atoms with Crippen molar-refractivity contribution in [3.05, 3.63) is 83.8 Å². The minimum atomic E-state index is 0.176. The van der Waals surface area contributed by atoms with Crippen molar-refractivity contribution in [3.8, 4) is 22.8 Å². The number of hydrogen-bond acceptors (Lipinski definition) is 8. The highest BCUT2D eigenvalue weighted by Crippen LogP contribution is 2.29. The smallest absolute Gasteiger partial charge is 0.192 e. The third kappa shape index (κ3) is 5.18. The topological polar surface area (TPSA) is 95.7 Å². The summed E-state index contributed by atoms with van der Waals surface area (Å²) in [6.07, 6.45) is 1.70. The highest BCUT2D eigenvalue weighted by Gasteiger charge is 2.13. The number of hydrogen-bond donors (Lipinski definition) is 1. The van der Waals surface area contributed by atoms with Gasteiger partial charge in [0.05, 0.1) is 29.9 Å². The average molecular weight is 517 g/mol. The highest BCUT2D eigenvalue weighted by molar-refractivity contribution is 6.32. The second-order valence-electron chi connectivity index (χ2n) is 8.18. The minimum Gasteiger partial charge on any atom is -0.497 e. The zero-order valence-corrected chi connectivity index (χ0v) is 21.2. The van der Waals surface area contributed by atoms with Gasteiger partial charge >= 0.3 is 0 Å². The first kappa shape index (κ1) is 24.5. The van der Waals surface area contributed by atoms with E-state index in [0.717, 1.165) is 39.2 Å². The molecule has 3 heterocycles. The van der Waals surface area contributed by atoms with Crippen LogP contribution in [0.2, 0.25) is 5.02 Å². The third-order valence-electron chi connectivity index (χ3n) is 5.83. The van der Waals surface area contributed by atoms with Gasteiger partial charge in [-0.05, 0) is 36.4 Å². The summed E-state index contributed by atoms with van der Waals surface area (Å²) in [5, 5.41) is 17.9. The Bertz CT molecular complexity index is 1590. The molecule has 0 amide bonds. The van der Waals surface area contributed by atoms with Crippen LogP contribution in [0.5, 0.6) is 11.5 Å². The van der Waals surface area contributed by atoms with Crippen LogP contribution in [0.3, 0.4) is 0 Å². The van der Waals surface area contributed by atoms with Crippen LogP contribution in [-0.4, -0.2) is 52.2 Å². The van der Waals surface area contributed by atoms with E-state index in [1.807, 2.05) is 54.6 Å². The molecular weight excluding hydrogens is 492 g/mol. The van der Waals surface area contributed by atoms with Gasteiger partial charge in [-0.3, -0.25) is 4.98 Å². The molecule has 0 aliphatic rings. The van der Waals surface area contributed by atoms with Gasteiger partial charge in [-0.2, -0.15) is 9.61 Å². The molecule has 0 aliphatic heterocycles. The second-order valence-corrected chi connectivity index (χ2v) is 8.59. The molecule has 188 valence electrons. The van der Waals surface area contributed by atoms with E-state index in [4.69, 9.17) is 30.9 Å². The molecule has 2 aromatic carbocycles. The summed E-state index contributed by atoms with van der Waals surface area (Å²) in [7, 11) is 3.28. The molecular formula is C27H25ClN6O3. The first-order valence-electron chi connectivity index (χ1n) is 11.6. The normalized spacial score (nSPS) is 11.1. The predicted molar refractivity (Wildman–Crippen MR) is 143 cm³/mol. The zero-order chi connectivity index (χ0) is 25.8. The van der Waals surface area contributed by atoms with Crippen molar-refractivity contribution >= 4 is 33.8 Å². The molecule has 0 bridgehead atoms. The molecule has 0 fully saturated rings. The van der Waals surface area contributed by atoms with E-state index in [2.05, 4.69) is 27.1 Å². The van der Waals surface area contributed by atoms with Crippen molar-refractivity contribution < 1.29 is 14.2 Å². The van der Waals surface area contributed by atoms with Crippen LogP contribution >= 0.6 is 11.6 Å². The van der Waals surface area contributed by atoms with Crippen LogP contribution in [0.1, 0.15) is 11.4 Å². The van der Waals surface area contributed by atoms with Crippen molar-refractivity contribution in [1.29, 1.82) is 0 Å². The summed E-state index contributed by atoms with van der Waals surface area (Å²) in [5.74, 6) is 1.98. The molecule has 37 heavy (non-hydrogen) atoms. The second kappa shape index (κ2) is 10.8. The van der Waals surface area contributed by atoms with Gasteiger partial charge in [-0.15, -0.1) is 10.2 Å². The molecule has 0 unspecified atom stereocenters. The van der Waals surface area contributed by atoms with Gasteiger partial charge < -0.3 is 19.5 Å². The summed E-state index contributed by atoms with van der Waals surface area (Å²) in [5.41, 5.74) is 4.53. The lowest BCUT2D eigenvalue weighted by Gasteiger charge is -2.12. The number of aromatic nitrogens is 5. The van der Waals surface area contributed by atoms with E-state index >= 15 is 0 Å². The van der Waals surface area contributed by atoms with Crippen LogP contribution in [0.15, 0.2) is 67.4 Å². The van der Waals surface area contributed by atoms with Crippen LogP contribution in [0.25, 0.3) is 33.5 Å². The molecule has 0 saturated heterocycles. The number of nitrogens with one attached hydrogen (secondary N) is 1. The summed E-state index contributed by atoms with van der Waals surface area (Å²) < 4.78 is 18.1. The summed E-state index contributed by atoms with van der Waals surface area (Å²) in [6, 6.07) is 17.0. The Balaban J connectivity index is 1.37. The fraction of sp³-hybridized carbons (Fsp3) is 0.185. The first-order valence-corrected chi connectivity index (χ1v) is 11.9. The quantitative estimate of drug-likeness (QED) is 0.265. The maximum Gasteiger partial charge on any atom is 0.192 e. The Labute approximate surface area is 218 Å². The fourth-order valence-corrected chi connectivity index (χ4v) is 4.19. The SMILES string of the molecule is C=C(NCCOC)c1ccc(-c2ccc3nnc(COc4ccnc5cc(OC)ccc45)n3n2)cc1Cl. The molecule has 1 N–H and O–H groups in total. The van der Waals surface area contributed by atoms with Gasteiger partial charge in [0, 0.05) is 48.1 Å². The maximum atomic E-state index is 6.58. The van der Waals surface area contributed by atoms with E-state index in [1.165, 1.54) is 0 Å². The fourth-order valence-electron chi connectivity index (χ4n) is 3.89. The van der Waals surface area contributed by atoms with Gasteiger partial charge in [0.25, 0.3) is 0 Å². The zero-order valence-electron chi connectivity index (χ0n) is 20.4. The van der Waals surface area contributed by atoms with Gasteiger partial charge in [0.15, 0.2) is 11.5 Å².